The van der Waals surface area contributed by atoms with Gasteiger partial charge in [0, 0.05) is 10.8 Å². The average molecular weight is 244 g/mol. The number of hydrogen-bond donors (Lipinski definition) is 0. The van der Waals surface area contributed by atoms with Gasteiger partial charge < -0.3 is 0 Å². The molecule has 0 aliphatic heterocycles. The Morgan fingerprint density at radius 3 is 2.00 bits per heavy atom. The van der Waals surface area contributed by atoms with Gasteiger partial charge in [-0.3, -0.25) is 4.79 Å². The Bertz CT molecular complexity index is 396. The molecule has 0 heterocycles. The molecule has 4 heteroatoms. The van der Waals surface area contributed by atoms with E-state index in [1.165, 1.54) is 0 Å². The molecule has 0 aromatic rings. The largest absolute Gasteiger partial charge is 0.298 e. The highest BCUT2D eigenvalue weighted by Crippen LogP contribution is 2.52. The van der Waals surface area contributed by atoms with Gasteiger partial charge in [0.25, 0.3) is 0 Å². The fourth-order valence-corrected chi connectivity index (χ4v) is 4.02. The van der Waals surface area contributed by atoms with E-state index in [-0.39, 0.29) is 17.6 Å². The molecule has 1 rings (SSSR count). The zero-order chi connectivity index (χ0) is 12.7. The summed E-state index contributed by atoms with van der Waals surface area (Å²) in [6.07, 6.45) is 0.440. The van der Waals surface area contributed by atoms with Crippen LogP contribution in [0.15, 0.2) is 12.0 Å². The monoisotopic (exact) mass is 244 g/mol. The fourth-order valence-electron chi connectivity index (χ4n) is 2.76. The zero-order valence-corrected chi connectivity index (χ0v) is 11.2. The average Bonchev–Trinajstić information content (AvgIpc) is 2.14. The van der Waals surface area contributed by atoms with Gasteiger partial charge in [0.15, 0.2) is 15.6 Å². The van der Waals surface area contributed by atoms with Gasteiger partial charge in [-0.2, -0.15) is 0 Å². The molecule has 0 aromatic heterocycles. The molecule has 0 amide bonds. The summed E-state index contributed by atoms with van der Waals surface area (Å²) in [5, 5.41) is 0.0509. The van der Waals surface area contributed by atoms with Crippen molar-refractivity contribution < 1.29 is 13.2 Å². The predicted molar refractivity (Wildman–Crippen MR) is 64.6 cm³/mol. The van der Waals surface area contributed by atoms with Crippen molar-refractivity contribution in [2.24, 2.45) is 17.3 Å². The Morgan fingerprint density at radius 1 is 1.31 bits per heavy atom. The molecular formula is C12H20O3S. The molecule has 0 saturated heterocycles. The normalized spacial score (nSPS) is 24.6. The summed E-state index contributed by atoms with van der Waals surface area (Å²) in [6.45, 7) is 11.2. The van der Waals surface area contributed by atoms with E-state index in [4.69, 9.17) is 0 Å². The van der Waals surface area contributed by atoms with E-state index >= 15 is 0 Å². The highest BCUT2D eigenvalue weighted by atomic mass is 32.2. The van der Waals surface area contributed by atoms with Crippen LogP contribution in [-0.4, -0.2) is 19.5 Å². The first kappa shape index (κ1) is 13.4. The lowest BCUT2D eigenvalue weighted by atomic mass is 9.55. The van der Waals surface area contributed by atoms with Gasteiger partial charge in [-0.1, -0.05) is 34.3 Å². The van der Waals surface area contributed by atoms with Gasteiger partial charge >= 0.3 is 0 Å². The van der Waals surface area contributed by atoms with Gasteiger partial charge in [-0.25, -0.2) is 8.42 Å². The second-order valence-electron chi connectivity index (χ2n) is 5.16. The number of carbonyl (C=O) groups is 1. The predicted octanol–water partition coefficient (Wildman–Crippen LogP) is 2.18. The van der Waals surface area contributed by atoms with E-state index in [0.29, 0.717) is 6.42 Å². The van der Waals surface area contributed by atoms with Crippen molar-refractivity contribution in [1.82, 2.24) is 0 Å². The maximum atomic E-state index is 12.1. The molecule has 1 saturated carbocycles. The molecule has 0 bridgehead atoms. The second kappa shape index (κ2) is 3.99. The summed E-state index contributed by atoms with van der Waals surface area (Å²) in [4.78, 5) is 12.1. The van der Waals surface area contributed by atoms with Gasteiger partial charge in [-0.05, 0) is 18.3 Å². The minimum Gasteiger partial charge on any atom is -0.298 e. The van der Waals surface area contributed by atoms with E-state index in [1.807, 2.05) is 27.7 Å². The van der Waals surface area contributed by atoms with Gasteiger partial charge in [0.1, 0.15) is 5.25 Å². The molecule has 0 radical (unpaired) electrons. The molecule has 1 fully saturated rings. The first-order valence-electron chi connectivity index (χ1n) is 5.60. The summed E-state index contributed by atoms with van der Waals surface area (Å²) in [5.74, 6) is 0.227. The number of rotatable bonds is 4. The third-order valence-electron chi connectivity index (χ3n) is 3.96. The van der Waals surface area contributed by atoms with Crippen LogP contribution in [0.5, 0.6) is 0 Å². The summed E-state index contributed by atoms with van der Waals surface area (Å²) >= 11 is 0. The van der Waals surface area contributed by atoms with Crippen LogP contribution in [0.2, 0.25) is 0 Å². The summed E-state index contributed by atoms with van der Waals surface area (Å²) in [5.41, 5.74) is -0.458. The second-order valence-corrected chi connectivity index (χ2v) is 7.24. The van der Waals surface area contributed by atoms with Crippen molar-refractivity contribution in [1.29, 1.82) is 0 Å². The quantitative estimate of drug-likeness (QED) is 0.761. The van der Waals surface area contributed by atoms with Crippen molar-refractivity contribution in [3.05, 3.63) is 12.0 Å². The van der Waals surface area contributed by atoms with Crippen molar-refractivity contribution >= 4 is 15.6 Å². The van der Waals surface area contributed by atoms with Crippen molar-refractivity contribution in [2.45, 2.75) is 39.4 Å². The molecule has 16 heavy (non-hydrogen) atoms. The molecule has 92 valence electrons. The lowest BCUT2D eigenvalue weighted by Crippen LogP contribution is -2.60. The Kier molecular flexibility index (Phi) is 3.34. The third-order valence-corrected chi connectivity index (χ3v) is 5.60. The zero-order valence-electron chi connectivity index (χ0n) is 10.4. The molecule has 0 N–H and O–H groups in total. The highest BCUT2D eigenvalue weighted by Gasteiger charge is 2.60. The Hall–Kier alpha value is -0.640. The third kappa shape index (κ3) is 1.63. The van der Waals surface area contributed by atoms with E-state index in [1.54, 1.807) is 0 Å². The summed E-state index contributed by atoms with van der Waals surface area (Å²) in [6, 6.07) is 0. The van der Waals surface area contributed by atoms with E-state index in [0.717, 1.165) is 5.41 Å². The van der Waals surface area contributed by atoms with Crippen LogP contribution in [0.3, 0.4) is 0 Å². The van der Waals surface area contributed by atoms with Crippen LogP contribution in [0.25, 0.3) is 0 Å². The molecule has 0 aromatic carbocycles. The van der Waals surface area contributed by atoms with Crippen LogP contribution < -0.4 is 0 Å². The fraction of sp³-hybridized carbons (Fsp3) is 0.750. The molecule has 1 aliphatic rings. The molecule has 1 atom stereocenters. The van der Waals surface area contributed by atoms with E-state index in [2.05, 4.69) is 6.58 Å². The van der Waals surface area contributed by atoms with E-state index < -0.39 is 20.5 Å². The van der Waals surface area contributed by atoms with Crippen molar-refractivity contribution in [3.8, 4) is 0 Å². The molecule has 0 spiro atoms. The molecule has 3 nitrogen and oxygen atoms in total. The first-order valence-corrected chi connectivity index (χ1v) is 7.21. The Balaban J connectivity index is 3.04. The molecule has 1 unspecified atom stereocenters. The van der Waals surface area contributed by atoms with Crippen LogP contribution in [-0.2, 0) is 14.6 Å². The van der Waals surface area contributed by atoms with Gasteiger partial charge in [0.2, 0.25) is 0 Å². The SMILES string of the molecule is C=CS(=O)(=O)C1CC(C(C)C)(C(C)C)C1=O. The number of Topliss-reactive ketones (excluding diaryl/α,β-unsaturated/α-hetero) is 1. The van der Waals surface area contributed by atoms with Crippen LogP contribution in [0, 0.1) is 17.3 Å². The standard InChI is InChI=1S/C12H20O3S/c1-6-16(14,15)10-7-12(8(2)3,9(4)5)11(10)13/h6,8-10H,1,7H2,2-5H3. The number of hydrogen-bond acceptors (Lipinski definition) is 3. The topological polar surface area (TPSA) is 51.2 Å². The summed E-state index contributed by atoms with van der Waals surface area (Å²) in [7, 11) is -3.43. The van der Waals surface area contributed by atoms with Crippen LogP contribution in [0.1, 0.15) is 34.1 Å². The number of ketones is 1. The highest BCUT2D eigenvalue weighted by molar-refractivity contribution is 7.95. The minimum atomic E-state index is -3.43. The summed E-state index contributed by atoms with van der Waals surface area (Å²) < 4.78 is 23.2. The Morgan fingerprint density at radius 2 is 1.75 bits per heavy atom. The van der Waals surface area contributed by atoms with Gasteiger partial charge in [-0.15, -0.1) is 0 Å². The van der Waals surface area contributed by atoms with Crippen molar-refractivity contribution in [2.75, 3.05) is 0 Å². The number of sulfone groups is 1. The first-order chi connectivity index (χ1) is 7.20. The maximum absolute atomic E-state index is 12.1. The molecular weight excluding hydrogens is 224 g/mol. The van der Waals surface area contributed by atoms with Crippen LogP contribution in [0.4, 0.5) is 0 Å². The Labute approximate surface area is 97.8 Å². The smallest absolute Gasteiger partial charge is 0.181 e. The number of carbonyl (C=O) groups excluding carboxylic acids is 1. The van der Waals surface area contributed by atoms with E-state index in [9.17, 15) is 13.2 Å². The lowest BCUT2D eigenvalue weighted by Gasteiger charge is -2.50. The maximum Gasteiger partial charge on any atom is 0.181 e. The van der Waals surface area contributed by atoms with Gasteiger partial charge in [0.05, 0.1) is 0 Å². The molecule has 1 aliphatic carbocycles. The lowest BCUT2D eigenvalue weighted by molar-refractivity contribution is -0.145. The van der Waals surface area contributed by atoms with Crippen molar-refractivity contribution in [3.63, 3.8) is 0 Å². The minimum absolute atomic E-state index is 0.127. The van der Waals surface area contributed by atoms with Crippen LogP contribution >= 0.6 is 0 Å².